The quantitative estimate of drug-likeness (QED) is 0.662. The Bertz CT molecular complexity index is 985. The molecule has 168 valence electrons. The van der Waals surface area contributed by atoms with E-state index in [4.69, 9.17) is 4.74 Å². The molecule has 1 amide bonds. The molecule has 1 fully saturated rings. The Balaban J connectivity index is 1.45. The molecule has 0 radical (unpaired) electrons. The minimum atomic E-state index is -3.50. The van der Waals surface area contributed by atoms with E-state index in [0.29, 0.717) is 12.1 Å². The van der Waals surface area contributed by atoms with Crippen molar-refractivity contribution in [3.63, 3.8) is 0 Å². The number of hydrogen-bond acceptors (Lipinski definition) is 6. The van der Waals surface area contributed by atoms with Crippen LogP contribution in [0, 0.1) is 0 Å². The molecule has 1 saturated heterocycles. The Morgan fingerprint density at radius 3 is 2.29 bits per heavy atom. The van der Waals surface area contributed by atoms with Crippen LogP contribution >= 0.6 is 0 Å². The van der Waals surface area contributed by atoms with Crippen LogP contribution in [-0.2, 0) is 10.0 Å². The summed E-state index contributed by atoms with van der Waals surface area (Å²) in [6.07, 6.45) is 0. The van der Waals surface area contributed by atoms with Crippen molar-refractivity contribution in [3.8, 4) is 5.75 Å². The fourth-order valence-electron chi connectivity index (χ4n) is 3.52. The molecule has 0 unspecified atom stereocenters. The topological polar surface area (TPSA) is 82.2 Å². The van der Waals surface area contributed by atoms with Crippen LogP contribution in [0.1, 0.15) is 10.4 Å². The number of anilines is 1. The highest BCUT2D eigenvalue weighted by atomic mass is 32.2. The fourth-order valence-corrected chi connectivity index (χ4v) is 4.42. The Hall–Kier alpha value is -2.62. The van der Waals surface area contributed by atoms with Gasteiger partial charge < -0.3 is 15.0 Å². The number of rotatable bonds is 8. The normalized spacial score (nSPS) is 15.2. The third-order valence-electron chi connectivity index (χ3n) is 5.41. The lowest BCUT2D eigenvalue weighted by Gasteiger charge is -2.36. The van der Waals surface area contributed by atoms with Gasteiger partial charge in [0.05, 0.1) is 17.7 Å². The molecular weight excluding hydrogens is 416 g/mol. The van der Waals surface area contributed by atoms with Crippen molar-refractivity contribution in [2.24, 2.45) is 0 Å². The molecule has 9 heteroatoms. The Morgan fingerprint density at radius 1 is 1.03 bits per heavy atom. The number of methoxy groups -OCH3 is 1. The Morgan fingerprint density at radius 2 is 1.68 bits per heavy atom. The highest BCUT2D eigenvalue weighted by Gasteiger charge is 2.20. The van der Waals surface area contributed by atoms with Crippen molar-refractivity contribution in [1.82, 2.24) is 14.5 Å². The number of benzene rings is 2. The first kappa shape index (κ1) is 23.1. The minimum Gasteiger partial charge on any atom is -0.495 e. The van der Waals surface area contributed by atoms with E-state index >= 15 is 0 Å². The molecule has 1 aliphatic rings. The molecule has 1 N–H and O–H groups in total. The first-order chi connectivity index (χ1) is 14.8. The molecule has 0 spiro atoms. The third kappa shape index (κ3) is 5.55. The average molecular weight is 447 g/mol. The monoisotopic (exact) mass is 446 g/mol. The van der Waals surface area contributed by atoms with E-state index in [0.717, 1.165) is 48.5 Å². The third-order valence-corrected chi connectivity index (χ3v) is 7.24. The maximum atomic E-state index is 12.4. The van der Waals surface area contributed by atoms with Crippen molar-refractivity contribution in [2.75, 3.05) is 65.4 Å². The van der Waals surface area contributed by atoms with Gasteiger partial charge in [0.25, 0.3) is 5.91 Å². The highest BCUT2D eigenvalue weighted by molar-refractivity contribution is 7.89. The van der Waals surface area contributed by atoms with Crippen molar-refractivity contribution < 1.29 is 17.9 Å². The number of carbonyl (C=O) groups is 1. The largest absolute Gasteiger partial charge is 0.495 e. The molecule has 2 aromatic rings. The standard InChI is InChI=1S/C22H30N4O4S/c1-24(2)31(28,29)19-10-8-18(9-11-19)22(27)23-12-13-25-14-16-26(17-15-25)20-6-4-5-7-21(20)30-3/h4-11H,12-17H2,1-3H3,(H,23,27). The first-order valence-corrected chi connectivity index (χ1v) is 11.7. The summed E-state index contributed by atoms with van der Waals surface area (Å²) in [5.74, 6) is 0.675. The maximum Gasteiger partial charge on any atom is 0.251 e. The van der Waals surface area contributed by atoms with Crippen LogP contribution in [-0.4, -0.2) is 84.0 Å². The van der Waals surface area contributed by atoms with E-state index in [1.54, 1.807) is 7.11 Å². The number of nitrogens with one attached hydrogen (secondary N) is 1. The lowest BCUT2D eigenvalue weighted by atomic mass is 10.2. The summed E-state index contributed by atoms with van der Waals surface area (Å²) in [4.78, 5) is 17.2. The van der Waals surface area contributed by atoms with Gasteiger partial charge in [-0.25, -0.2) is 12.7 Å². The van der Waals surface area contributed by atoms with Gasteiger partial charge in [0.1, 0.15) is 5.75 Å². The number of nitrogens with zero attached hydrogens (tertiary/aromatic N) is 3. The van der Waals surface area contributed by atoms with Crippen LogP contribution in [0.4, 0.5) is 5.69 Å². The molecule has 0 aromatic heterocycles. The highest BCUT2D eigenvalue weighted by Crippen LogP contribution is 2.28. The van der Waals surface area contributed by atoms with Gasteiger partial charge in [0.2, 0.25) is 10.0 Å². The summed E-state index contributed by atoms with van der Waals surface area (Å²) in [7, 11) is 1.15. The van der Waals surface area contributed by atoms with Gasteiger partial charge in [-0.1, -0.05) is 12.1 Å². The first-order valence-electron chi connectivity index (χ1n) is 10.2. The van der Waals surface area contributed by atoms with Crippen LogP contribution in [0.25, 0.3) is 0 Å². The van der Waals surface area contributed by atoms with E-state index in [1.807, 2.05) is 18.2 Å². The lowest BCUT2D eigenvalue weighted by molar-refractivity contribution is 0.0947. The number of sulfonamides is 1. The van der Waals surface area contributed by atoms with Crippen molar-refractivity contribution >= 4 is 21.6 Å². The summed E-state index contributed by atoms with van der Waals surface area (Å²) in [6, 6.07) is 14.0. The summed E-state index contributed by atoms with van der Waals surface area (Å²) >= 11 is 0. The van der Waals surface area contributed by atoms with Crippen LogP contribution < -0.4 is 15.0 Å². The van der Waals surface area contributed by atoms with Crippen LogP contribution in [0.2, 0.25) is 0 Å². The van der Waals surface area contributed by atoms with Gasteiger partial charge in [-0.05, 0) is 36.4 Å². The number of para-hydroxylation sites is 2. The zero-order chi connectivity index (χ0) is 22.4. The van der Waals surface area contributed by atoms with E-state index in [9.17, 15) is 13.2 Å². The van der Waals surface area contributed by atoms with E-state index in [1.165, 1.54) is 38.4 Å². The van der Waals surface area contributed by atoms with Crippen LogP contribution in [0.3, 0.4) is 0 Å². The fraction of sp³-hybridized carbons (Fsp3) is 0.409. The molecule has 8 nitrogen and oxygen atoms in total. The molecule has 1 heterocycles. The number of amides is 1. The van der Waals surface area contributed by atoms with Gasteiger partial charge in [-0.15, -0.1) is 0 Å². The summed E-state index contributed by atoms with van der Waals surface area (Å²) in [5.41, 5.74) is 1.55. The maximum absolute atomic E-state index is 12.4. The molecule has 31 heavy (non-hydrogen) atoms. The van der Waals surface area contributed by atoms with Gasteiger partial charge in [-0.2, -0.15) is 0 Å². The van der Waals surface area contributed by atoms with Gasteiger partial charge >= 0.3 is 0 Å². The SMILES string of the molecule is COc1ccccc1N1CCN(CCNC(=O)c2ccc(S(=O)(=O)N(C)C)cc2)CC1. The molecule has 1 aliphatic heterocycles. The minimum absolute atomic E-state index is 0.168. The number of hydrogen-bond donors (Lipinski definition) is 1. The van der Waals surface area contributed by atoms with Crippen molar-refractivity contribution in [3.05, 3.63) is 54.1 Å². The number of piperazine rings is 1. The van der Waals surface area contributed by atoms with Gasteiger partial charge in [-0.3, -0.25) is 9.69 Å². The second kappa shape index (κ2) is 10.1. The lowest BCUT2D eigenvalue weighted by Crippen LogP contribution is -2.48. The predicted octanol–water partition coefficient (Wildman–Crippen LogP) is 1.50. The zero-order valence-electron chi connectivity index (χ0n) is 18.2. The Kier molecular flexibility index (Phi) is 7.53. The van der Waals surface area contributed by atoms with Crippen molar-refractivity contribution in [1.29, 1.82) is 0 Å². The van der Waals surface area contributed by atoms with E-state index in [2.05, 4.69) is 21.2 Å². The smallest absolute Gasteiger partial charge is 0.251 e. The second-order valence-electron chi connectivity index (χ2n) is 7.57. The molecule has 0 bridgehead atoms. The number of carbonyl (C=O) groups excluding carboxylic acids is 1. The molecule has 3 rings (SSSR count). The van der Waals surface area contributed by atoms with Crippen molar-refractivity contribution in [2.45, 2.75) is 4.90 Å². The van der Waals surface area contributed by atoms with E-state index < -0.39 is 10.0 Å². The molecule has 0 atom stereocenters. The molecular formula is C22H30N4O4S. The van der Waals surface area contributed by atoms with Crippen LogP contribution in [0.15, 0.2) is 53.4 Å². The molecule has 2 aromatic carbocycles. The average Bonchev–Trinajstić information content (AvgIpc) is 2.79. The summed E-state index contributed by atoms with van der Waals surface area (Å²) < 4.78 is 30.8. The van der Waals surface area contributed by atoms with E-state index in [-0.39, 0.29) is 10.8 Å². The number of ether oxygens (including phenoxy) is 1. The summed E-state index contributed by atoms with van der Waals surface area (Å²) in [5, 5.41) is 2.91. The second-order valence-corrected chi connectivity index (χ2v) is 9.72. The predicted molar refractivity (Wildman–Crippen MR) is 121 cm³/mol. The zero-order valence-corrected chi connectivity index (χ0v) is 19.1. The molecule has 0 aliphatic carbocycles. The van der Waals surface area contributed by atoms with Crippen LogP contribution in [0.5, 0.6) is 5.75 Å². The summed E-state index contributed by atoms with van der Waals surface area (Å²) in [6.45, 7) is 4.91. The Labute approximate surface area is 184 Å². The van der Waals surface area contributed by atoms with Gasteiger partial charge in [0, 0.05) is 58.9 Å². The molecule has 0 saturated carbocycles. The van der Waals surface area contributed by atoms with Gasteiger partial charge in [0.15, 0.2) is 0 Å².